The lowest BCUT2D eigenvalue weighted by Gasteiger charge is -2.38. The number of carbonyl (C=O) groups is 2. The summed E-state index contributed by atoms with van der Waals surface area (Å²) in [6.07, 6.45) is 1.97. The first-order valence-electron chi connectivity index (χ1n) is 9.40. The lowest BCUT2D eigenvalue weighted by Crippen LogP contribution is -2.51. The highest BCUT2D eigenvalue weighted by Crippen LogP contribution is 2.41. The Morgan fingerprint density at radius 2 is 1.92 bits per heavy atom. The molecule has 2 amide bonds. The molecule has 0 spiro atoms. The van der Waals surface area contributed by atoms with Crippen LogP contribution in [0, 0.1) is 5.41 Å². The largest absolute Gasteiger partial charge is 0.347 e. The maximum absolute atomic E-state index is 13.0. The molecule has 2 aliphatic rings. The van der Waals surface area contributed by atoms with E-state index in [2.05, 4.69) is 37.4 Å². The first-order chi connectivity index (χ1) is 12.1. The van der Waals surface area contributed by atoms with Crippen molar-refractivity contribution in [3.05, 3.63) is 35.4 Å². The van der Waals surface area contributed by atoms with E-state index in [-0.39, 0.29) is 29.3 Å². The van der Waals surface area contributed by atoms with Crippen molar-refractivity contribution in [2.75, 3.05) is 11.6 Å². The molecule has 142 valence electrons. The van der Waals surface area contributed by atoms with Gasteiger partial charge in [-0.3, -0.25) is 9.59 Å². The van der Waals surface area contributed by atoms with Crippen LogP contribution in [-0.4, -0.2) is 34.4 Å². The van der Waals surface area contributed by atoms with E-state index in [0.717, 1.165) is 12.8 Å². The molecular formula is C21H30N2O2S. The maximum Gasteiger partial charge on any atom is 0.244 e. The number of fused-ring (bicyclic) bond motifs is 1. The number of rotatable bonds is 2. The van der Waals surface area contributed by atoms with Gasteiger partial charge in [-0.2, -0.15) is 0 Å². The van der Waals surface area contributed by atoms with Crippen LogP contribution in [0.5, 0.6) is 0 Å². The fraction of sp³-hybridized carbons (Fsp3) is 0.619. The minimum atomic E-state index is -0.467. The molecule has 2 atom stereocenters. The smallest absolute Gasteiger partial charge is 0.244 e. The first kappa shape index (κ1) is 19.3. The molecule has 3 rings (SSSR count). The van der Waals surface area contributed by atoms with Crippen molar-refractivity contribution >= 4 is 23.6 Å². The van der Waals surface area contributed by atoms with Gasteiger partial charge in [0.2, 0.25) is 11.8 Å². The fourth-order valence-electron chi connectivity index (χ4n) is 3.92. The molecule has 1 aliphatic heterocycles. The van der Waals surface area contributed by atoms with Crippen molar-refractivity contribution in [1.29, 1.82) is 0 Å². The number of thioether (sulfide) groups is 1. The highest BCUT2D eigenvalue weighted by atomic mass is 32.2. The third-order valence-electron chi connectivity index (χ3n) is 5.53. The Morgan fingerprint density at radius 1 is 1.23 bits per heavy atom. The quantitative estimate of drug-likeness (QED) is 0.855. The summed E-state index contributed by atoms with van der Waals surface area (Å²) in [6, 6.07) is 8.08. The van der Waals surface area contributed by atoms with Gasteiger partial charge in [0.25, 0.3) is 0 Å². The summed E-state index contributed by atoms with van der Waals surface area (Å²) < 4.78 is 0. The summed E-state index contributed by atoms with van der Waals surface area (Å²) in [5, 5.41) is 3.24. The zero-order valence-corrected chi connectivity index (χ0v) is 17.3. The van der Waals surface area contributed by atoms with Crippen molar-refractivity contribution in [3.8, 4) is 0 Å². The van der Waals surface area contributed by atoms with Gasteiger partial charge >= 0.3 is 0 Å². The normalized spacial score (nSPS) is 24.9. The number of amides is 2. The summed E-state index contributed by atoms with van der Waals surface area (Å²) in [7, 11) is 0. The Bertz CT molecular complexity index is 708. The van der Waals surface area contributed by atoms with Gasteiger partial charge in [0.05, 0.1) is 11.9 Å². The monoisotopic (exact) mass is 374 g/mol. The zero-order chi connectivity index (χ0) is 19.1. The Balaban J connectivity index is 1.77. The lowest BCUT2D eigenvalue weighted by molar-refractivity contribution is -0.144. The van der Waals surface area contributed by atoms with Crippen LogP contribution in [-0.2, 0) is 15.0 Å². The molecule has 0 aromatic heterocycles. The molecule has 0 saturated carbocycles. The Kier molecular flexibility index (Phi) is 5.13. The molecule has 1 aromatic carbocycles. The fourth-order valence-corrected chi connectivity index (χ4v) is 5.08. The molecule has 1 aliphatic carbocycles. The van der Waals surface area contributed by atoms with Crippen LogP contribution in [0.2, 0.25) is 0 Å². The second-order valence-electron chi connectivity index (χ2n) is 9.11. The lowest BCUT2D eigenvalue weighted by atomic mass is 9.71. The highest BCUT2D eigenvalue weighted by molar-refractivity contribution is 7.99. The van der Waals surface area contributed by atoms with Gasteiger partial charge in [0.15, 0.2) is 0 Å². The van der Waals surface area contributed by atoms with Crippen LogP contribution in [0.1, 0.15) is 64.6 Å². The molecule has 0 bridgehead atoms. The Hall–Kier alpha value is -1.49. The van der Waals surface area contributed by atoms with Crippen LogP contribution < -0.4 is 5.32 Å². The molecular weight excluding hydrogens is 344 g/mol. The molecule has 1 heterocycles. The summed E-state index contributed by atoms with van der Waals surface area (Å²) in [4.78, 5) is 27.4. The van der Waals surface area contributed by atoms with Gasteiger partial charge in [-0.25, -0.2) is 0 Å². The van der Waals surface area contributed by atoms with Crippen LogP contribution in [0.25, 0.3) is 0 Å². The van der Waals surface area contributed by atoms with Crippen molar-refractivity contribution < 1.29 is 9.59 Å². The van der Waals surface area contributed by atoms with Gasteiger partial charge in [-0.15, -0.1) is 11.8 Å². The molecule has 1 fully saturated rings. The average molecular weight is 375 g/mol. The predicted molar refractivity (Wildman–Crippen MR) is 107 cm³/mol. The van der Waals surface area contributed by atoms with Crippen LogP contribution in [0.15, 0.2) is 24.3 Å². The molecule has 4 nitrogen and oxygen atoms in total. The number of nitrogens with zero attached hydrogens (tertiary/aromatic N) is 1. The molecule has 1 aromatic rings. The summed E-state index contributed by atoms with van der Waals surface area (Å²) in [6.45, 7) is 10.3. The van der Waals surface area contributed by atoms with E-state index in [1.807, 2.05) is 26.8 Å². The van der Waals surface area contributed by atoms with Gasteiger partial charge in [-0.1, -0.05) is 58.9 Å². The minimum absolute atomic E-state index is 0.0212. The van der Waals surface area contributed by atoms with E-state index >= 15 is 0 Å². The van der Waals surface area contributed by atoms with Gasteiger partial charge < -0.3 is 10.2 Å². The third-order valence-corrected chi connectivity index (χ3v) is 6.54. The van der Waals surface area contributed by atoms with E-state index in [1.165, 1.54) is 11.1 Å². The van der Waals surface area contributed by atoms with E-state index < -0.39 is 5.41 Å². The molecule has 1 N–H and O–H groups in total. The number of hydrogen-bond donors (Lipinski definition) is 1. The van der Waals surface area contributed by atoms with Crippen molar-refractivity contribution in [2.24, 2.45) is 5.41 Å². The zero-order valence-electron chi connectivity index (χ0n) is 16.5. The predicted octanol–water partition coefficient (Wildman–Crippen LogP) is 3.86. The number of hydrogen-bond acceptors (Lipinski definition) is 3. The average Bonchev–Trinajstić information content (AvgIpc) is 3.05. The Morgan fingerprint density at radius 3 is 2.62 bits per heavy atom. The molecule has 5 heteroatoms. The van der Waals surface area contributed by atoms with E-state index in [9.17, 15) is 9.59 Å². The standard InChI is InChI=1S/C21H30N2O2S/c1-20(2,3)19(25)23-13-26-12-17(23)18(24)22-16-10-11-21(4,5)15-9-7-6-8-14(15)16/h6-9,16-17H,10-13H2,1-5H3,(H,22,24). The number of nitrogens with one attached hydrogen (secondary N) is 1. The third kappa shape index (κ3) is 3.64. The molecule has 2 unspecified atom stereocenters. The van der Waals surface area contributed by atoms with Gasteiger partial charge in [0.1, 0.15) is 6.04 Å². The topological polar surface area (TPSA) is 49.4 Å². The summed E-state index contributed by atoms with van der Waals surface area (Å²) >= 11 is 1.65. The molecule has 0 radical (unpaired) electrons. The SMILES string of the molecule is CC(C)(C)C(=O)N1CSCC1C(=O)NC1CCC(C)(C)c2ccccc21. The van der Waals surface area contributed by atoms with E-state index in [1.54, 1.807) is 16.7 Å². The summed E-state index contributed by atoms with van der Waals surface area (Å²) in [5.41, 5.74) is 2.21. The van der Waals surface area contributed by atoms with Crippen LogP contribution >= 0.6 is 11.8 Å². The first-order valence-corrected chi connectivity index (χ1v) is 10.6. The summed E-state index contributed by atoms with van der Waals surface area (Å²) in [5.74, 6) is 1.30. The van der Waals surface area contributed by atoms with Crippen LogP contribution in [0.4, 0.5) is 0 Å². The van der Waals surface area contributed by atoms with E-state index in [4.69, 9.17) is 0 Å². The van der Waals surface area contributed by atoms with Gasteiger partial charge in [-0.05, 0) is 29.4 Å². The van der Waals surface area contributed by atoms with E-state index in [0.29, 0.717) is 11.6 Å². The minimum Gasteiger partial charge on any atom is -0.347 e. The Labute approximate surface area is 161 Å². The van der Waals surface area contributed by atoms with Crippen LogP contribution in [0.3, 0.4) is 0 Å². The highest BCUT2D eigenvalue weighted by Gasteiger charge is 2.40. The number of benzene rings is 1. The molecule has 1 saturated heterocycles. The second kappa shape index (κ2) is 6.91. The van der Waals surface area contributed by atoms with Gasteiger partial charge in [0, 0.05) is 11.2 Å². The maximum atomic E-state index is 13.0. The van der Waals surface area contributed by atoms with Crippen molar-refractivity contribution in [2.45, 2.75) is 65.0 Å². The molecule has 26 heavy (non-hydrogen) atoms. The van der Waals surface area contributed by atoms with Crippen molar-refractivity contribution in [1.82, 2.24) is 10.2 Å². The number of carbonyl (C=O) groups excluding carboxylic acids is 2. The van der Waals surface area contributed by atoms with Crippen molar-refractivity contribution in [3.63, 3.8) is 0 Å². The second-order valence-corrected chi connectivity index (χ2v) is 10.1.